The summed E-state index contributed by atoms with van der Waals surface area (Å²) in [5.41, 5.74) is 4.28. The minimum atomic E-state index is 0.479. The van der Waals surface area contributed by atoms with Gasteiger partial charge in [0.2, 0.25) is 5.95 Å². The van der Waals surface area contributed by atoms with Gasteiger partial charge in [-0.2, -0.15) is 0 Å². The zero-order valence-corrected chi connectivity index (χ0v) is 12.2. The van der Waals surface area contributed by atoms with Gasteiger partial charge in [0.25, 0.3) is 0 Å². The van der Waals surface area contributed by atoms with Crippen molar-refractivity contribution in [3.8, 4) is 17.0 Å². The van der Waals surface area contributed by atoms with Gasteiger partial charge in [-0.25, -0.2) is 4.98 Å². The van der Waals surface area contributed by atoms with Gasteiger partial charge in [0, 0.05) is 18.3 Å². The Morgan fingerprint density at radius 3 is 2.58 bits per heavy atom. The molecule has 0 aliphatic rings. The molecule has 0 bridgehead atoms. The van der Waals surface area contributed by atoms with Crippen molar-refractivity contribution in [3.05, 3.63) is 29.5 Å². The number of anilines is 1. The molecule has 0 aliphatic heterocycles. The summed E-state index contributed by atoms with van der Waals surface area (Å²) in [7, 11) is 3.54. The van der Waals surface area contributed by atoms with Crippen LogP contribution in [0.3, 0.4) is 0 Å². The lowest BCUT2D eigenvalue weighted by atomic mass is 9.98. The lowest BCUT2D eigenvalue weighted by Crippen LogP contribution is -1.94. The zero-order valence-electron chi connectivity index (χ0n) is 12.2. The number of methoxy groups -OCH3 is 1. The number of aromatic nitrogens is 2. The van der Waals surface area contributed by atoms with Crippen LogP contribution in [0.4, 0.5) is 5.95 Å². The van der Waals surface area contributed by atoms with E-state index in [9.17, 15) is 0 Å². The Hall–Kier alpha value is -1.97. The second-order valence-electron chi connectivity index (χ2n) is 4.92. The number of hydrogen-bond donors (Lipinski definition) is 2. The van der Waals surface area contributed by atoms with E-state index in [1.165, 1.54) is 5.56 Å². The van der Waals surface area contributed by atoms with Crippen LogP contribution in [0.2, 0.25) is 0 Å². The lowest BCUT2D eigenvalue weighted by Gasteiger charge is -2.12. The van der Waals surface area contributed by atoms with E-state index >= 15 is 0 Å². The van der Waals surface area contributed by atoms with Gasteiger partial charge in [-0.15, -0.1) is 0 Å². The maximum absolute atomic E-state index is 5.46. The predicted octanol–water partition coefficient (Wildman–Crippen LogP) is 3.56. The van der Waals surface area contributed by atoms with E-state index in [4.69, 9.17) is 4.74 Å². The van der Waals surface area contributed by atoms with Crippen molar-refractivity contribution in [2.45, 2.75) is 26.7 Å². The molecule has 4 heteroatoms. The SMILES string of the molecule is CNc1nc(-c2cc(C(C)C)ccc2OC)c(C)[nH]1. The van der Waals surface area contributed by atoms with Crippen LogP contribution in [-0.4, -0.2) is 24.1 Å². The molecule has 0 radical (unpaired) electrons. The van der Waals surface area contributed by atoms with Crippen molar-refractivity contribution < 1.29 is 4.74 Å². The average molecular weight is 259 g/mol. The number of ether oxygens (including phenoxy) is 1. The van der Waals surface area contributed by atoms with Crippen LogP contribution in [0, 0.1) is 6.92 Å². The highest BCUT2D eigenvalue weighted by molar-refractivity contribution is 5.71. The highest BCUT2D eigenvalue weighted by Crippen LogP contribution is 2.34. The molecule has 2 N–H and O–H groups in total. The minimum absolute atomic E-state index is 0.479. The summed E-state index contributed by atoms with van der Waals surface area (Å²) in [5.74, 6) is 2.10. The number of hydrogen-bond acceptors (Lipinski definition) is 3. The second-order valence-corrected chi connectivity index (χ2v) is 4.92. The number of nitrogens with one attached hydrogen (secondary N) is 2. The number of nitrogens with zero attached hydrogens (tertiary/aromatic N) is 1. The summed E-state index contributed by atoms with van der Waals surface area (Å²) >= 11 is 0. The van der Waals surface area contributed by atoms with Crippen LogP contribution in [0.1, 0.15) is 31.0 Å². The van der Waals surface area contributed by atoms with Gasteiger partial charge in [-0.1, -0.05) is 19.9 Å². The molecule has 19 heavy (non-hydrogen) atoms. The fraction of sp³-hybridized carbons (Fsp3) is 0.400. The lowest BCUT2D eigenvalue weighted by molar-refractivity contribution is 0.416. The van der Waals surface area contributed by atoms with E-state index in [0.29, 0.717) is 5.92 Å². The van der Waals surface area contributed by atoms with Gasteiger partial charge >= 0.3 is 0 Å². The van der Waals surface area contributed by atoms with Crippen molar-refractivity contribution >= 4 is 5.95 Å². The highest BCUT2D eigenvalue weighted by Gasteiger charge is 2.14. The number of H-pyrrole nitrogens is 1. The Labute approximate surface area is 114 Å². The summed E-state index contributed by atoms with van der Waals surface area (Å²) < 4.78 is 5.46. The molecule has 0 spiro atoms. The molecule has 0 amide bonds. The highest BCUT2D eigenvalue weighted by atomic mass is 16.5. The molecule has 0 aliphatic carbocycles. The molecule has 0 unspecified atom stereocenters. The molecule has 1 heterocycles. The largest absolute Gasteiger partial charge is 0.496 e. The summed E-state index contributed by atoms with van der Waals surface area (Å²) in [6.45, 7) is 6.38. The molecule has 1 aromatic carbocycles. The van der Waals surface area contributed by atoms with Crippen molar-refractivity contribution in [1.29, 1.82) is 0 Å². The standard InChI is InChI=1S/C15H21N3O/c1-9(2)11-6-7-13(19-5)12(8-11)14-10(3)17-15(16-4)18-14/h6-9H,1-5H3,(H2,16,17,18). The normalized spacial score (nSPS) is 10.8. The Kier molecular flexibility index (Phi) is 3.79. The first-order chi connectivity index (χ1) is 9.06. The maximum atomic E-state index is 5.46. The van der Waals surface area contributed by atoms with E-state index in [1.807, 2.05) is 20.0 Å². The van der Waals surface area contributed by atoms with Gasteiger partial charge in [0.1, 0.15) is 5.75 Å². The van der Waals surface area contributed by atoms with Crippen molar-refractivity contribution in [3.63, 3.8) is 0 Å². The molecule has 0 saturated carbocycles. The van der Waals surface area contributed by atoms with Crippen LogP contribution < -0.4 is 10.1 Å². The van der Waals surface area contributed by atoms with E-state index in [1.54, 1.807) is 7.11 Å². The van der Waals surface area contributed by atoms with Crippen LogP contribution in [-0.2, 0) is 0 Å². The van der Waals surface area contributed by atoms with Crippen LogP contribution in [0.5, 0.6) is 5.75 Å². The van der Waals surface area contributed by atoms with Crippen molar-refractivity contribution in [2.24, 2.45) is 0 Å². The first-order valence-electron chi connectivity index (χ1n) is 6.49. The number of imidazole rings is 1. The molecular formula is C15H21N3O. The van der Waals surface area contributed by atoms with E-state index in [2.05, 4.69) is 41.3 Å². The summed E-state index contributed by atoms with van der Waals surface area (Å²) in [6.07, 6.45) is 0. The van der Waals surface area contributed by atoms with Crippen molar-refractivity contribution in [1.82, 2.24) is 9.97 Å². The summed E-state index contributed by atoms with van der Waals surface area (Å²) in [5, 5.41) is 3.03. The first kappa shape index (κ1) is 13.5. The number of rotatable bonds is 4. The molecular weight excluding hydrogens is 238 g/mol. The average Bonchev–Trinajstić information content (AvgIpc) is 2.79. The summed E-state index contributed by atoms with van der Waals surface area (Å²) in [4.78, 5) is 7.78. The molecule has 4 nitrogen and oxygen atoms in total. The molecule has 1 aromatic heterocycles. The number of aryl methyl sites for hydroxylation is 1. The summed E-state index contributed by atoms with van der Waals surface area (Å²) in [6, 6.07) is 6.28. The Bertz CT molecular complexity index is 573. The fourth-order valence-electron chi connectivity index (χ4n) is 2.11. The fourth-order valence-corrected chi connectivity index (χ4v) is 2.11. The van der Waals surface area contributed by atoms with Gasteiger partial charge < -0.3 is 15.0 Å². The third kappa shape index (κ3) is 2.57. The van der Waals surface area contributed by atoms with Crippen LogP contribution in [0.25, 0.3) is 11.3 Å². The second kappa shape index (κ2) is 5.34. The topological polar surface area (TPSA) is 49.9 Å². The predicted molar refractivity (Wildman–Crippen MR) is 78.9 cm³/mol. The van der Waals surface area contributed by atoms with E-state index < -0.39 is 0 Å². The van der Waals surface area contributed by atoms with E-state index in [0.717, 1.165) is 28.6 Å². The van der Waals surface area contributed by atoms with Gasteiger partial charge in [-0.3, -0.25) is 0 Å². The van der Waals surface area contributed by atoms with Crippen LogP contribution in [0.15, 0.2) is 18.2 Å². The zero-order chi connectivity index (χ0) is 14.0. The third-order valence-corrected chi connectivity index (χ3v) is 3.27. The Morgan fingerprint density at radius 1 is 1.32 bits per heavy atom. The van der Waals surface area contributed by atoms with Crippen LogP contribution >= 0.6 is 0 Å². The number of benzene rings is 1. The molecule has 2 rings (SSSR count). The van der Waals surface area contributed by atoms with Gasteiger partial charge in [-0.05, 0) is 30.5 Å². The minimum Gasteiger partial charge on any atom is -0.496 e. The molecule has 102 valence electrons. The van der Waals surface area contributed by atoms with Gasteiger partial charge in [0.15, 0.2) is 0 Å². The Balaban J connectivity index is 2.57. The third-order valence-electron chi connectivity index (χ3n) is 3.27. The quantitative estimate of drug-likeness (QED) is 0.882. The van der Waals surface area contributed by atoms with Gasteiger partial charge in [0.05, 0.1) is 12.8 Å². The molecule has 0 saturated heterocycles. The van der Waals surface area contributed by atoms with E-state index in [-0.39, 0.29) is 0 Å². The monoisotopic (exact) mass is 259 g/mol. The Morgan fingerprint density at radius 2 is 2.05 bits per heavy atom. The van der Waals surface area contributed by atoms with Crippen molar-refractivity contribution in [2.75, 3.05) is 19.5 Å². The maximum Gasteiger partial charge on any atom is 0.200 e. The number of aromatic amines is 1. The first-order valence-corrected chi connectivity index (χ1v) is 6.49. The molecule has 0 atom stereocenters. The molecule has 0 fully saturated rings. The smallest absolute Gasteiger partial charge is 0.200 e. The molecule has 2 aromatic rings.